The van der Waals surface area contributed by atoms with Gasteiger partial charge in [-0.15, -0.1) is 0 Å². The Labute approximate surface area is 97.4 Å². The molecule has 2 N–H and O–H groups in total. The van der Waals surface area contributed by atoms with Crippen LogP contribution in [0.3, 0.4) is 0 Å². The molecule has 0 aromatic carbocycles. The first-order valence-corrected chi connectivity index (χ1v) is 6.00. The summed E-state index contributed by atoms with van der Waals surface area (Å²) >= 11 is 0. The van der Waals surface area contributed by atoms with Crippen LogP contribution in [0.5, 0.6) is 0 Å². The van der Waals surface area contributed by atoms with Gasteiger partial charge in [-0.2, -0.15) is 0 Å². The van der Waals surface area contributed by atoms with Crippen LogP contribution in [0, 0.1) is 11.8 Å². The van der Waals surface area contributed by atoms with Crippen LogP contribution >= 0.6 is 0 Å². The first-order valence-electron chi connectivity index (χ1n) is 6.00. The summed E-state index contributed by atoms with van der Waals surface area (Å²) < 4.78 is 2.06. The highest BCUT2D eigenvalue weighted by atomic mass is 15.2. The molecule has 0 aliphatic heterocycles. The molecule has 0 radical (unpaired) electrons. The zero-order chi connectivity index (χ0) is 11.7. The van der Waals surface area contributed by atoms with E-state index in [1.165, 1.54) is 12.1 Å². The number of nitrogens with two attached hydrogens (primary N) is 1. The lowest BCUT2D eigenvalue weighted by Gasteiger charge is -2.27. The summed E-state index contributed by atoms with van der Waals surface area (Å²) in [6.07, 6.45) is 5.13. The maximum atomic E-state index is 5.88. The van der Waals surface area contributed by atoms with E-state index in [0.717, 1.165) is 18.4 Å². The number of hydrogen-bond acceptors (Lipinski definition) is 3. The maximum Gasteiger partial charge on any atom is 0.0946 e. The van der Waals surface area contributed by atoms with Gasteiger partial charge >= 0.3 is 0 Å². The summed E-state index contributed by atoms with van der Waals surface area (Å²) in [5.41, 5.74) is 7.09. The fraction of sp³-hybridized carbons (Fsp3) is 0.750. The Bertz CT molecular complexity index is 347. The molecule has 1 fully saturated rings. The van der Waals surface area contributed by atoms with Crippen LogP contribution in [0.15, 0.2) is 12.5 Å². The average Bonchev–Trinajstić information content (AvgIpc) is 2.74. The number of imidazole rings is 1. The molecule has 1 aromatic heterocycles. The monoisotopic (exact) mass is 222 g/mol. The lowest BCUT2D eigenvalue weighted by molar-refractivity contribution is 0.229. The van der Waals surface area contributed by atoms with Gasteiger partial charge in [0.15, 0.2) is 0 Å². The number of aryl methyl sites for hydroxylation is 1. The van der Waals surface area contributed by atoms with E-state index in [9.17, 15) is 0 Å². The number of rotatable bonds is 5. The minimum absolute atomic E-state index is 0.292. The van der Waals surface area contributed by atoms with Crippen molar-refractivity contribution in [3.05, 3.63) is 18.2 Å². The standard InChI is InChI=1S/C12H22N4/c1-9-4-10(9)7-15(2)11(5-13)12-6-14-8-16(12)3/h6,8-11H,4-5,7,13H2,1-3H3. The van der Waals surface area contributed by atoms with Crippen molar-refractivity contribution in [1.82, 2.24) is 14.5 Å². The normalized spacial score (nSPS) is 26.1. The first kappa shape index (κ1) is 11.6. The van der Waals surface area contributed by atoms with Gasteiger partial charge in [-0.1, -0.05) is 6.92 Å². The predicted octanol–water partition coefficient (Wildman–Crippen LogP) is 1.01. The van der Waals surface area contributed by atoms with Crippen molar-refractivity contribution in [1.29, 1.82) is 0 Å². The van der Waals surface area contributed by atoms with E-state index in [-0.39, 0.29) is 0 Å². The third kappa shape index (κ3) is 2.28. The molecular formula is C12H22N4. The van der Waals surface area contributed by atoms with E-state index < -0.39 is 0 Å². The lowest BCUT2D eigenvalue weighted by atomic mass is 10.1. The summed E-state index contributed by atoms with van der Waals surface area (Å²) in [5.74, 6) is 1.76. The molecule has 90 valence electrons. The van der Waals surface area contributed by atoms with E-state index in [0.29, 0.717) is 12.6 Å². The second kappa shape index (κ2) is 4.55. The number of hydrogen-bond donors (Lipinski definition) is 1. The largest absolute Gasteiger partial charge is 0.336 e. The second-order valence-electron chi connectivity index (χ2n) is 5.09. The summed E-state index contributed by atoms with van der Waals surface area (Å²) in [6, 6.07) is 0.292. The SMILES string of the molecule is CC1CC1CN(C)C(CN)c1cncn1C. The summed E-state index contributed by atoms with van der Waals surface area (Å²) in [7, 11) is 4.19. The van der Waals surface area contributed by atoms with Crippen molar-refractivity contribution < 1.29 is 0 Å². The van der Waals surface area contributed by atoms with Gasteiger partial charge in [0, 0.05) is 26.3 Å². The summed E-state index contributed by atoms with van der Waals surface area (Å²) in [6.45, 7) is 4.12. The first-order chi connectivity index (χ1) is 7.63. The molecule has 16 heavy (non-hydrogen) atoms. The van der Waals surface area contributed by atoms with Crippen molar-refractivity contribution in [3.63, 3.8) is 0 Å². The van der Waals surface area contributed by atoms with Crippen molar-refractivity contribution in [2.24, 2.45) is 24.6 Å². The zero-order valence-corrected chi connectivity index (χ0v) is 10.4. The maximum absolute atomic E-state index is 5.88. The van der Waals surface area contributed by atoms with E-state index in [1.807, 2.05) is 19.6 Å². The second-order valence-corrected chi connectivity index (χ2v) is 5.09. The quantitative estimate of drug-likeness (QED) is 0.808. The van der Waals surface area contributed by atoms with Crippen LogP contribution in [-0.2, 0) is 7.05 Å². The zero-order valence-electron chi connectivity index (χ0n) is 10.4. The Morgan fingerprint density at radius 1 is 1.69 bits per heavy atom. The minimum Gasteiger partial charge on any atom is -0.336 e. The van der Waals surface area contributed by atoms with E-state index in [1.54, 1.807) is 0 Å². The third-order valence-corrected chi connectivity index (χ3v) is 3.75. The molecule has 1 heterocycles. The van der Waals surface area contributed by atoms with Crippen molar-refractivity contribution in [3.8, 4) is 0 Å². The Kier molecular flexibility index (Phi) is 3.30. The van der Waals surface area contributed by atoms with Crippen molar-refractivity contribution >= 4 is 0 Å². The van der Waals surface area contributed by atoms with Crippen LogP contribution in [0.4, 0.5) is 0 Å². The summed E-state index contributed by atoms with van der Waals surface area (Å²) in [4.78, 5) is 6.53. The third-order valence-electron chi connectivity index (χ3n) is 3.75. The molecule has 0 spiro atoms. The molecular weight excluding hydrogens is 200 g/mol. The molecule has 1 aliphatic carbocycles. The number of likely N-dealkylation sites (N-methyl/N-ethyl adjacent to an activating group) is 1. The molecule has 3 unspecified atom stereocenters. The van der Waals surface area contributed by atoms with Gasteiger partial charge in [0.1, 0.15) is 0 Å². The van der Waals surface area contributed by atoms with E-state index in [4.69, 9.17) is 5.73 Å². The van der Waals surface area contributed by atoms with E-state index >= 15 is 0 Å². The fourth-order valence-electron chi connectivity index (χ4n) is 2.37. The Balaban J connectivity index is 2.01. The Hall–Kier alpha value is -0.870. The molecule has 2 rings (SSSR count). The highest BCUT2D eigenvalue weighted by Gasteiger charge is 2.34. The molecule has 0 bridgehead atoms. The van der Waals surface area contributed by atoms with Crippen LogP contribution < -0.4 is 5.73 Å². The molecule has 4 heteroatoms. The summed E-state index contributed by atoms with van der Waals surface area (Å²) in [5, 5.41) is 0. The smallest absolute Gasteiger partial charge is 0.0946 e. The van der Waals surface area contributed by atoms with Crippen LogP contribution in [-0.4, -0.2) is 34.6 Å². The van der Waals surface area contributed by atoms with Crippen LogP contribution in [0.2, 0.25) is 0 Å². The highest BCUT2D eigenvalue weighted by molar-refractivity contribution is 5.06. The van der Waals surface area contributed by atoms with Crippen molar-refractivity contribution in [2.75, 3.05) is 20.1 Å². The highest BCUT2D eigenvalue weighted by Crippen LogP contribution is 2.39. The molecule has 0 saturated heterocycles. The van der Waals surface area contributed by atoms with Gasteiger partial charge in [0.25, 0.3) is 0 Å². The Morgan fingerprint density at radius 2 is 2.38 bits per heavy atom. The molecule has 1 saturated carbocycles. The van der Waals surface area contributed by atoms with Gasteiger partial charge < -0.3 is 10.3 Å². The topological polar surface area (TPSA) is 47.1 Å². The lowest BCUT2D eigenvalue weighted by Crippen LogP contribution is -2.33. The molecule has 3 atom stereocenters. The average molecular weight is 222 g/mol. The fourth-order valence-corrected chi connectivity index (χ4v) is 2.37. The van der Waals surface area contributed by atoms with Gasteiger partial charge in [0.05, 0.1) is 18.1 Å². The number of nitrogens with zero attached hydrogens (tertiary/aromatic N) is 3. The van der Waals surface area contributed by atoms with Gasteiger partial charge in [-0.25, -0.2) is 4.98 Å². The Morgan fingerprint density at radius 3 is 2.81 bits per heavy atom. The predicted molar refractivity (Wildman–Crippen MR) is 64.9 cm³/mol. The minimum atomic E-state index is 0.292. The van der Waals surface area contributed by atoms with Gasteiger partial charge in [-0.3, -0.25) is 4.90 Å². The van der Waals surface area contributed by atoms with Crippen LogP contribution in [0.1, 0.15) is 25.1 Å². The van der Waals surface area contributed by atoms with Gasteiger partial charge in [-0.05, 0) is 25.3 Å². The van der Waals surface area contributed by atoms with E-state index in [2.05, 4.69) is 28.4 Å². The van der Waals surface area contributed by atoms with Gasteiger partial charge in [0.2, 0.25) is 0 Å². The molecule has 1 aromatic rings. The molecule has 0 amide bonds. The van der Waals surface area contributed by atoms with Crippen LogP contribution in [0.25, 0.3) is 0 Å². The molecule has 4 nitrogen and oxygen atoms in total. The number of aromatic nitrogens is 2. The molecule has 1 aliphatic rings. The van der Waals surface area contributed by atoms with Crippen molar-refractivity contribution in [2.45, 2.75) is 19.4 Å².